The minimum Gasteiger partial charge on any atom is -0.466 e. The number of unbranched alkanes of at least 4 members (excludes halogenated alkanes) is 46. The zero-order chi connectivity index (χ0) is 50.7. The average Bonchev–Trinajstić information content (AvgIpc) is 3.36. The van der Waals surface area contributed by atoms with Crippen LogP contribution in [0.1, 0.15) is 348 Å². The summed E-state index contributed by atoms with van der Waals surface area (Å²) in [5.74, 6) is -0.0839. The number of amides is 1. The first-order chi connectivity index (χ1) is 34.5. The predicted octanol–water partition coefficient (Wildman–Crippen LogP) is 19.8. The van der Waals surface area contributed by atoms with E-state index in [1.807, 2.05) is 6.08 Å². The Hall–Kier alpha value is -1.66. The van der Waals surface area contributed by atoms with Gasteiger partial charge in [0.2, 0.25) is 5.91 Å². The summed E-state index contributed by atoms with van der Waals surface area (Å²) >= 11 is 0. The highest BCUT2D eigenvalue weighted by atomic mass is 16.5. The monoisotopic (exact) mass is 986 g/mol. The maximum absolute atomic E-state index is 12.5. The molecular weight excluding hydrogens is 863 g/mol. The molecule has 0 heterocycles. The van der Waals surface area contributed by atoms with Gasteiger partial charge in [0.1, 0.15) is 0 Å². The van der Waals surface area contributed by atoms with Gasteiger partial charge in [-0.2, -0.15) is 0 Å². The van der Waals surface area contributed by atoms with Gasteiger partial charge in [-0.15, -0.1) is 0 Å². The second-order valence-electron chi connectivity index (χ2n) is 21.7. The zero-order valence-corrected chi connectivity index (χ0v) is 47.3. The first-order valence-corrected chi connectivity index (χ1v) is 31.6. The molecule has 0 aliphatic heterocycles. The Morgan fingerprint density at radius 2 is 0.671 bits per heavy atom. The van der Waals surface area contributed by atoms with Crippen LogP contribution < -0.4 is 5.32 Å². The lowest BCUT2D eigenvalue weighted by Gasteiger charge is -2.20. The second-order valence-corrected chi connectivity index (χ2v) is 21.7. The van der Waals surface area contributed by atoms with Crippen molar-refractivity contribution in [2.24, 2.45) is 0 Å². The van der Waals surface area contributed by atoms with Gasteiger partial charge in [0.05, 0.1) is 25.4 Å². The van der Waals surface area contributed by atoms with Crippen molar-refractivity contribution < 1.29 is 24.5 Å². The maximum Gasteiger partial charge on any atom is 0.305 e. The van der Waals surface area contributed by atoms with Gasteiger partial charge in [0, 0.05) is 12.8 Å². The number of hydrogen-bond acceptors (Lipinski definition) is 5. The van der Waals surface area contributed by atoms with E-state index in [-0.39, 0.29) is 18.5 Å². The summed E-state index contributed by atoms with van der Waals surface area (Å²) in [6.07, 6.45) is 73.5. The lowest BCUT2D eigenvalue weighted by molar-refractivity contribution is -0.143. The molecule has 2 unspecified atom stereocenters. The molecule has 6 heteroatoms. The normalized spacial score (nSPS) is 12.7. The average molecular weight is 987 g/mol. The van der Waals surface area contributed by atoms with Gasteiger partial charge in [-0.05, 0) is 57.8 Å². The fraction of sp³-hybridized carbons (Fsp3) is 0.906. The highest BCUT2D eigenvalue weighted by molar-refractivity contribution is 5.76. The number of nitrogens with one attached hydrogen (secondary N) is 1. The van der Waals surface area contributed by atoms with Crippen LogP contribution in [0.4, 0.5) is 0 Å². The smallest absolute Gasteiger partial charge is 0.305 e. The van der Waals surface area contributed by atoms with Gasteiger partial charge < -0.3 is 20.3 Å². The van der Waals surface area contributed by atoms with Crippen LogP contribution in [0, 0.1) is 0 Å². The van der Waals surface area contributed by atoms with Crippen LogP contribution in [-0.4, -0.2) is 47.4 Å². The molecule has 0 bridgehead atoms. The van der Waals surface area contributed by atoms with Crippen molar-refractivity contribution >= 4 is 11.9 Å². The molecule has 0 aromatic rings. The number of allylic oxidation sites excluding steroid dienone is 3. The van der Waals surface area contributed by atoms with Gasteiger partial charge >= 0.3 is 5.97 Å². The van der Waals surface area contributed by atoms with Gasteiger partial charge in [0.15, 0.2) is 0 Å². The van der Waals surface area contributed by atoms with E-state index in [0.29, 0.717) is 19.4 Å². The van der Waals surface area contributed by atoms with Crippen molar-refractivity contribution in [3.8, 4) is 0 Å². The van der Waals surface area contributed by atoms with Crippen molar-refractivity contribution in [2.75, 3.05) is 13.2 Å². The fourth-order valence-electron chi connectivity index (χ4n) is 9.87. The van der Waals surface area contributed by atoms with Crippen LogP contribution in [0.15, 0.2) is 24.3 Å². The molecule has 1 amide bonds. The predicted molar refractivity (Wildman–Crippen MR) is 306 cm³/mol. The summed E-state index contributed by atoms with van der Waals surface area (Å²) in [5, 5.41) is 23.2. The molecular formula is C64H123NO5. The summed E-state index contributed by atoms with van der Waals surface area (Å²) in [6.45, 7) is 4.90. The van der Waals surface area contributed by atoms with E-state index in [0.717, 1.165) is 57.8 Å². The molecule has 0 saturated heterocycles. The molecule has 3 N–H and O–H groups in total. The van der Waals surface area contributed by atoms with E-state index >= 15 is 0 Å². The van der Waals surface area contributed by atoms with Crippen molar-refractivity contribution in [3.63, 3.8) is 0 Å². The van der Waals surface area contributed by atoms with Crippen LogP contribution in [-0.2, 0) is 14.3 Å². The van der Waals surface area contributed by atoms with Crippen LogP contribution in [0.2, 0.25) is 0 Å². The zero-order valence-electron chi connectivity index (χ0n) is 47.3. The Labute approximate surface area is 437 Å². The summed E-state index contributed by atoms with van der Waals surface area (Å²) in [5.41, 5.74) is 0. The number of aliphatic hydroxyl groups excluding tert-OH is 2. The Kier molecular flexibility index (Phi) is 58.5. The summed E-state index contributed by atoms with van der Waals surface area (Å²) in [7, 11) is 0. The lowest BCUT2D eigenvalue weighted by Crippen LogP contribution is -2.45. The van der Waals surface area contributed by atoms with E-state index in [1.165, 1.54) is 263 Å². The quantitative estimate of drug-likeness (QED) is 0.0321. The third kappa shape index (κ3) is 55.7. The van der Waals surface area contributed by atoms with Crippen molar-refractivity contribution in [1.29, 1.82) is 0 Å². The number of carbonyl (C=O) groups excluding carboxylic acids is 2. The van der Waals surface area contributed by atoms with Crippen molar-refractivity contribution in [2.45, 2.75) is 360 Å². The number of ether oxygens (including phenoxy) is 1. The fourth-order valence-corrected chi connectivity index (χ4v) is 9.87. The van der Waals surface area contributed by atoms with Crippen LogP contribution >= 0.6 is 0 Å². The van der Waals surface area contributed by atoms with E-state index in [1.54, 1.807) is 6.08 Å². The molecule has 0 fully saturated rings. The van der Waals surface area contributed by atoms with E-state index < -0.39 is 12.1 Å². The molecule has 0 spiro atoms. The Morgan fingerprint density at radius 1 is 0.386 bits per heavy atom. The summed E-state index contributed by atoms with van der Waals surface area (Å²) in [6, 6.07) is -0.638. The van der Waals surface area contributed by atoms with Gasteiger partial charge in [-0.25, -0.2) is 0 Å². The Bertz CT molecular complexity index is 1090. The second kappa shape index (κ2) is 59.9. The van der Waals surface area contributed by atoms with Gasteiger partial charge in [-0.1, -0.05) is 301 Å². The first kappa shape index (κ1) is 68.3. The lowest BCUT2D eigenvalue weighted by atomic mass is 10.0. The Balaban J connectivity index is 3.46. The number of carbonyl (C=O) groups is 2. The number of rotatable bonds is 59. The minimum atomic E-state index is -0.854. The minimum absolute atomic E-state index is 0.00641. The van der Waals surface area contributed by atoms with Gasteiger partial charge in [-0.3, -0.25) is 9.59 Å². The van der Waals surface area contributed by atoms with E-state index in [4.69, 9.17) is 4.74 Å². The molecule has 6 nitrogen and oxygen atoms in total. The topological polar surface area (TPSA) is 95.9 Å². The highest BCUT2D eigenvalue weighted by Crippen LogP contribution is 2.18. The molecule has 414 valence electrons. The molecule has 2 atom stereocenters. The molecule has 0 rings (SSSR count). The van der Waals surface area contributed by atoms with E-state index in [2.05, 4.69) is 31.3 Å². The summed E-state index contributed by atoms with van der Waals surface area (Å²) < 4.78 is 5.49. The van der Waals surface area contributed by atoms with Crippen LogP contribution in [0.25, 0.3) is 0 Å². The highest BCUT2D eigenvalue weighted by Gasteiger charge is 2.18. The molecule has 0 saturated carbocycles. The van der Waals surface area contributed by atoms with Crippen LogP contribution in [0.3, 0.4) is 0 Å². The number of hydrogen-bond donors (Lipinski definition) is 3. The SMILES string of the molecule is CCCCCCCC/C=C\CCCCCCCCCCCC(=O)OCCCCCCCCCCCCCCCC(=O)NC(CO)C(O)/C=C/CCCCCCCCCCCCCCCCCCCCC. The van der Waals surface area contributed by atoms with Gasteiger partial charge in [0.25, 0.3) is 0 Å². The molecule has 0 aliphatic carbocycles. The van der Waals surface area contributed by atoms with Crippen molar-refractivity contribution in [3.05, 3.63) is 24.3 Å². The third-order valence-corrected chi connectivity index (χ3v) is 14.7. The molecule has 0 radical (unpaired) electrons. The first-order valence-electron chi connectivity index (χ1n) is 31.6. The Morgan fingerprint density at radius 3 is 1.01 bits per heavy atom. The maximum atomic E-state index is 12.5. The molecule has 70 heavy (non-hydrogen) atoms. The molecule has 0 aliphatic rings. The standard InChI is InChI=1S/C64H123NO5/c1-3-5-7-9-11-13-15-17-19-21-23-24-26-27-29-32-36-40-44-48-52-56-62(67)61(60-66)65-63(68)57-53-49-45-41-37-33-31-35-39-43-47-51-55-59-70-64(69)58-54-50-46-42-38-34-30-28-25-22-20-18-16-14-12-10-8-6-4-2/h18,20,52,56,61-62,66-67H,3-17,19,21-51,53-55,57-60H2,1-2H3,(H,65,68)/b20-18-,56-52+. The van der Waals surface area contributed by atoms with Crippen molar-refractivity contribution in [1.82, 2.24) is 5.32 Å². The molecule has 0 aromatic carbocycles. The summed E-state index contributed by atoms with van der Waals surface area (Å²) in [4.78, 5) is 24.6. The molecule has 0 aromatic heterocycles. The van der Waals surface area contributed by atoms with E-state index in [9.17, 15) is 19.8 Å². The third-order valence-electron chi connectivity index (χ3n) is 14.7. The number of aliphatic hydroxyl groups is 2. The largest absolute Gasteiger partial charge is 0.466 e. The van der Waals surface area contributed by atoms with Crippen LogP contribution in [0.5, 0.6) is 0 Å². The number of esters is 1.